The minimum Gasteiger partial charge on any atom is -0.351 e. The number of aromatic nitrogens is 2. The second kappa shape index (κ2) is 5.61. The number of hydrogen-bond acceptors (Lipinski definition) is 4. The molecular formula is C16H12N4O2. The van der Waals surface area contributed by atoms with E-state index in [1.54, 1.807) is 30.3 Å². The number of fused-ring (bicyclic) bond motifs is 1. The first-order valence-electron chi connectivity index (χ1n) is 6.56. The Bertz CT molecular complexity index is 863. The van der Waals surface area contributed by atoms with Gasteiger partial charge < -0.3 is 5.73 Å². The molecule has 2 N–H and O–H groups in total. The van der Waals surface area contributed by atoms with Crippen molar-refractivity contribution in [3.63, 3.8) is 0 Å². The van der Waals surface area contributed by atoms with Crippen LogP contribution >= 0.6 is 0 Å². The third kappa shape index (κ3) is 2.37. The zero-order chi connectivity index (χ0) is 15.5. The molecule has 0 spiro atoms. The Morgan fingerprint density at radius 3 is 2.45 bits per heavy atom. The first kappa shape index (κ1) is 13.7. The van der Waals surface area contributed by atoms with Crippen molar-refractivity contribution in [3.05, 3.63) is 60.3 Å². The van der Waals surface area contributed by atoms with Crippen LogP contribution in [0.3, 0.4) is 0 Å². The van der Waals surface area contributed by atoms with E-state index in [1.165, 1.54) is 11.1 Å². The summed E-state index contributed by atoms with van der Waals surface area (Å²) in [5.41, 5.74) is 7.53. The molecule has 22 heavy (non-hydrogen) atoms. The molecule has 3 rings (SSSR count). The molecule has 0 aliphatic heterocycles. The number of rotatable bonds is 3. The van der Waals surface area contributed by atoms with Gasteiger partial charge in [0.2, 0.25) is 0 Å². The van der Waals surface area contributed by atoms with Gasteiger partial charge in [-0.3, -0.25) is 9.78 Å². The van der Waals surface area contributed by atoms with Crippen LogP contribution < -0.4 is 10.6 Å². The molecule has 6 heteroatoms. The lowest BCUT2D eigenvalue weighted by Crippen LogP contribution is -2.33. The van der Waals surface area contributed by atoms with Crippen LogP contribution in [0.5, 0.6) is 0 Å². The number of amides is 2. The van der Waals surface area contributed by atoms with Crippen molar-refractivity contribution < 1.29 is 9.59 Å². The maximum atomic E-state index is 11.9. The topological polar surface area (TPSA) is 89.2 Å². The van der Waals surface area contributed by atoms with E-state index in [-0.39, 0.29) is 5.82 Å². The molecule has 2 aromatic carbocycles. The van der Waals surface area contributed by atoms with E-state index in [4.69, 9.17) is 5.73 Å². The second-order valence-corrected chi connectivity index (χ2v) is 4.57. The van der Waals surface area contributed by atoms with E-state index in [9.17, 15) is 9.59 Å². The van der Waals surface area contributed by atoms with E-state index in [0.717, 1.165) is 0 Å². The second-order valence-electron chi connectivity index (χ2n) is 4.57. The van der Waals surface area contributed by atoms with Gasteiger partial charge in [0.05, 0.1) is 22.9 Å². The number of urea groups is 1. The number of carbonyl (C=O) groups excluding carboxylic acids is 2. The van der Waals surface area contributed by atoms with E-state index >= 15 is 0 Å². The summed E-state index contributed by atoms with van der Waals surface area (Å²) in [6.45, 7) is 0. The summed E-state index contributed by atoms with van der Waals surface area (Å²) in [5, 5.41) is 0. The lowest BCUT2D eigenvalue weighted by molar-refractivity contribution is 0.112. The molecule has 0 saturated heterocycles. The smallest absolute Gasteiger partial charge is 0.325 e. The number of carbonyl (C=O) groups is 2. The SMILES string of the molecule is NC(=O)N(c1cnc2ccccc2n1)c1ccccc1C=O. The highest BCUT2D eigenvalue weighted by Crippen LogP contribution is 2.26. The monoisotopic (exact) mass is 292 g/mol. The number of primary amides is 1. The maximum absolute atomic E-state index is 11.9. The highest BCUT2D eigenvalue weighted by Gasteiger charge is 2.20. The fourth-order valence-electron chi connectivity index (χ4n) is 2.20. The van der Waals surface area contributed by atoms with E-state index in [2.05, 4.69) is 9.97 Å². The van der Waals surface area contributed by atoms with Crippen LogP contribution in [-0.4, -0.2) is 22.3 Å². The molecule has 2 amide bonds. The van der Waals surface area contributed by atoms with Gasteiger partial charge in [0.25, 0.3) is 0 Å². The molecule has 6 nitrogen and oxygen atoms in total. The lowest BCUT2D eigenvalue weighted by atomic mass is 10.2. The summed E-state index contributed by atoms with van der Waals surface area (Å²) in [6.07, 6.45) is 2.12. The van der Waals surface area contributed by atoms with Gasteiger partial charge in [-0.2, -0.15) is 0 Å². The van der Waals surface area contributed by atoms with Gasteiger partial charge in [-0.15, -0.1) is 0 Å². The highest BCUT2D eigenvalue weighted by molar-refractivity contribution is 6.02. The van der Waals surface area contributed by atoms with Gasteiger partial charge in [0.15, 0.2) is 12.1 Å². The van der Waals surface area contributed by atoms with Crippen LogP contribution in [0.4, 0.5) is 16.3 Å². The molecule has 108 valence electrons. The quantitative estimate of drug-likeness (QED) is 0.751. The van der Waals surface area contributed by atoms with Gasteiger partial charge in [-0.25, -0.2) is 14.7 Å². The summed E-state index contributed by atoms with van der Waals surface area (Å²) in [7, 11) is 0. The number of para-hydroxylation sites is 3. The van der Waals surface area contributed by atoms with Crippen molar-refractivity contribution in [2.75, 3.05) is 4.90 Å². The number of benzene rings is 2. The Hall–Kier alpha value is -3.28. The Morgan fingerprint density at radius 2 is 1.73 bits per heavy atom. The average molecular weight is 292 g/mol. The van der Waals surface area contributed by atoms with Crippen LogP contribution in [0, 0.1) is 0 Å². The largest absolute Gasteiger partial charge is 0.351 e. The van der Waals surface area contributed by atoms with Gasteiger partial charge in [0, 0.05) is 5.56 Å². The Kier molecular flexibility index (Phi) is 3.49. The van der Waals surface area contributed by atoms with Crippen molar-refractivity contribution in [1.29, 1.82) is 0 Å². The molecule has 1 heterocycles. The normalized spacial score (nSPS) is 10.4. The van der Waals surface area contributed by atoms with Crippen LogP contribution in [-0.2, 0) is 0 Å². The van der Waals surface area contributed by atoms with Crippen molar-refractivity contribution in [2.45, 2.75) is 0 Å². The van der Waals surface area contributed by atoms with Gasteiger partial charge in [-0.05, 0) is 24.3 Å². The van der Waals surface area contributed by atoms with Crippen molar-refractivity contribution in [3.8, 4) is 0 Å². The average Bonchev–Trinajstić information content (AvgIpc) is 2.55. The Morgan fingerprint density at radius 1 is 1.05 bits per heavy atom. The minimum atomic E-state index is -0.737. The fraction of sp³-hybridized carbons (Fsp3) is 0. The number of nitrogens with two attached hydrogens (primary N) is 1. The van der Waals surface area contributed by atoms with Crippen LogP contribution in [0.25, 0.3) is 11.0 Å². The van der Waals surface area contributed by atoms with Crippen LogP contribution in [0.15, 0.2) is 54.7 Å². The minimum absolute atomic E-state index is 0.264. The Balaban J connectivity index is 2.18. The molecule has 0 aliphatic carbocycles. The molecule has 0 atom stereocenters. The van der Waals surface area contributed by atoms with Crippen molar-refractivity contribution in [1.82, 2.24) is 9.97 Å². The number of anilines is 2. The van der Waals surface area contributed by atoms with E-state index < -0.39 is 6.03 Å². The number of aldehydes is 1. The van der Waals surface area contributed by atoms with Crippen LogP contribution in [0.2, 0.25) is 0 Å². The van der Waals surface area contributed by atoms with Gasteiger partial charge in [-0.1, -0.05) is 24.3 Å². The van der Waals surface area contributed by atoms with Gasteiger partial charge in [0.1, 0.15) is 0 Å². The fourth-order valence-corrected chi connectivity index (χ4v) is 2.20. The van der Waals surface area contributed by atoms with Crippen LogP contribution in [0.1, 0.15) is 10.4 Å². The number of nitrogens with zero attached hydrogens (tertiary/aromatic N) is 3. The lowest BCUT2D eigenvalue weighted by Gasteiger charge is -2.20. The zero-order valence-corrected chi connectivity index (χ0v) is 11.5. The third-order valence-corrected chi connectivity index (χ3v) is 3.19. The predicted octanol–water partition coefficient (Wildman–Crippen LogP) is 2.66. The molecule has 0 fully saturated rings. The van der Waals surface area contributed by atoms with E-state index in [0.29, 0.717) is 28.6 Å². The summed E-state index contributed by atoms with van der Waals surface area (Å²) in [6, 6.07) is 13.2. The van der Waals surface area contributed by atoms with Crippen molar-refractivity contribution in [2.24, 2.45) is 5.73 Å². The molecule has 0 saturated carbocycles. The summed E-state index contributed by atoms with van der Waals surface area (Å²) >= 11 is 0. The standard InChI is InChI=1S/C16H12N4O2/c17-16(22)20(14-8-4-1-5-11(14)10-21)15-9-18-12-6-2-3-7-13(12)19-15/h1-10H,(H2,17,22). The predicted molar refractivity (Wildman–Crippen MR) is 83.1 cm³/mol. The van der Waals surface area contributed by atoms with Crippen molar-refractivity contribution >= 4 is 34.9 Å². The molecule has 0 unspecified atom stereocenters. The molecule has 0 radical (unpaired) electrons. The van der Waals surface area contributed by atoms with E-state index in [1.807, 2.05) is 18.2 Å². The third-order valence-electron chi connectivity index (χ3n) is 3.19. The Labute approximate surface area is 126 Å². The number of hydrogen-bond donors (Lipinski definition) is 1. The van der Waals surface area contributed by atoms with Gasteiger partial charge >= 0.3 is 6.03 Å². The molecule has 0 bridgehead atoms. The first-order valence-corrected chi connectivity index (χ1v) is 6.56. The summed E-state index contributed by atoms with van der Waals surface area (Å²) < 4.78 is 0. The molecule has 3 aromatic rings. The maximum Gasteiger partial charge on any atom is 0.325 e. The summed E-state index contributed by atoms with van der Waals surface area (Å²) in [5.74, 6) is 0.264. The highest BCUT2D eigenvalue weighted by atomic mass is 16.2. The zero-order valence-electron chi connectivity index (χ0n) is 11.5. The molecule has 1 aromatic heterocycles. The first-order chi connectivity index (χ1) is 10.7. The molecular weight excluding hydrogens is 280 g/mol. The summed E-state index contributed by atoms with van der Waals surface area (Å²) in [4.78, 5) is 32.9. The molecule has 0 aliphatic rings.